The number of hydrogen-bond donors (Lipinski definition) is 2. The molecule has 11 heteroatoms. The summed E-state index contributed by atoms with van der Waals surface area (Å²) in [4.78, 5) is 17.2. The second-order valence-electron chi connectivity index (χ2n) is 5.97. The summed E-state index contributed by atoms with van der Waals surface area (Å²) in [6, 6.07) is 4.49. The van der Waals surface area contributed by atoms with Crippen LogP contribution in [-0.2, 0) is 4.74 Å². The molecule has 2 aliphatic heterocycles. The Hall–Kier alpha value is -2.23. The maximum Gasteiger partial charge on any atom is 0.422 e. The van der Waals surface area contributed by atoms with Gasteiger partial charge in [-0.25, -0.2) is 14.2 Å². The van der Waals surface area contributed by atoms with Gasteiger partial charge in [-0.1, -0.05) is 6.07 Å². The van der Waals surface area contributed by atoms with Crippen LogP contribution in [0.5, 0.6) is 0 Å². The molecule has 1 aromatic carbocycles. The molecule has 26 heavy (non-hydrogen) atoms. The first kappa shape index (κ1) is 20.1. The van der Waals surface area contributed by atoms with E-state index in [1.807, 2.05) is 0 Å². The van der Waals surface area contributed by atoms with Crippen molar-refractivity contribution in [2.45, 2.75) is 24.7 Å². The average Bonchev–Trinajstić information content (AvgIpc) is 2.52. The fourth-order valence-corrected chi connectivity index (χ4v) is 2.98. The number of piperidine rings is 1. The van der Waals surface area contributed by atoms with Crippen LogP contribution in [0.2, 0.25) is 0 Å². The maximum absolute atomic E-state index is 13.9. The molecule has 0 bridgehead atoms. The molecule has 0 saturated carbocycles. The third-order valence-electron chi connectivity index (χ3n) is 4.18. The minimum absolute atomic E-state index is 0. The highest BCUT2D eigenvalue weighted by atomic mass is 35.5. The van der Waals surface area contributed by atoms with Crippen molar-refractivity contribution < 1.29 is 27.1 Å². The Morgan fingerprint density at radius 3 is 2.62 bits per heavy atom. The number of nitrogens with two attached hydrogens (primary N) is 1. The van der Waals surface area contributed by atoms with Crippen LogP contribution >= 0.6 is 12.4 Å². The SMILES string of the molecule is Cl.NC1=NC2(CCN(C(=O)OCC(F)(F)F)CC2)Nc2cccc(F)c21. The highest BCUT2D eigenvalue weighted by Crippen LogP contribution is 2.35. The predicted octanol–water partition coefficient (Wildman–Crippen LogP) is 2.87. The molecular formula is C15H17ClF4N4O2. The average molecular weight is 397 g/mol. The first-order valence-electron chi connectivity index (χ1n) is 7.60. The van der Waals surface area contributed by atoms with E-state index in [4.69, 9.17) is 5.73 Å². The lowest BCUT2D eigenvalue weighted by Gasteiger charge is -2.42. The van der Waals surface area contributed by atoms with Crippen molar-refractivity contribution in [3.05, 3.63) is 29.6 Å². The molecule has 3 rings (SSSR count). The summed E-state index contributed by atoms with van der Waals surface area (Å²) in [5.41, 5.74) is 5.76. The number of carbonyl (C=O) groups excluding carboxylic acids is 1. The van der Waals surface area contributed by atoms with E-state index >= 15 is 0 Å². The molecule has 0 atom stereocenters. The fourth-order valence-electron chi connectivity index (χ4n) is 2.98. The first-order valence-corrected chi connectivity index (χ1v) is 7.60. The van der Waals surface area contributed by atoms with Gasteiger partial charge >= 0.3 is 12.3 Å². The summed E-state index contributed by atoms with van der Waals surface area (Å²) in [6.07, 6.45) is -4.97. The highest BCUT2D eigenvalue weighted by molar-refractivity contribution is 6.04. The van der Waals surface area contributed by atoms with E-state index in [0.717, 1.165) is 0 Å². The quantitative estimate of drug-likeness (QED) is 0.715. The Balaban J connectivity index is 0.00000243. The molecule has 0 radical (unpaired) electrons. The molecule has 6 nitrogen and oxygen atoms in total. The van der Waals surface area contributed by atoms with Crippen LogP contribution in [0.3, 0.4) is 0 Å². The number of likely N-dealkylation sites (tertiary alicyclic amines) is 1. The summed E-state index contributed by atoms with van der Waals surface area (Å²) in [6.45, 7) is -1.33. The molecular weight excluding hydrogens is 380 g/mol. The van der Waals surface area contributed by atoms with E-state index in [2.05, 4.69) is 15.0 Å². The molecule has 1 aromatic rings. The molecule has 1 fully saturated rings. The van der Waals surface area contributed by atoms with Crippen LogP contribution in [-0.4, -0.2) is 48.4 Å². The van der Waals surface area contributed by atoms with Gasteiger partial charge in [0.05, 0.1) is 5.56 Å². The normalized spacial score (nSPS) is 18.3. The highest BCUT2D eigenvalue weighted by Gasteiger charge is 2.40. The zero-order valence-corrected chi connectivity index (χ0v) is 14.3. The molecule has 0 aromatic heterocycles. The number of benzene rings is 1. The van der Waals surface area contributed by atoms with Gasteiger partial charge in [-0.3, -0.25) is 0 Å². The van der Waals surface area contributed by atoms with Crippen molar-refractivity contribution in [1.82, 2.24) is 4.90 Å². The smallest absolute Gasteiger partial charge is 0.422 e. The number of fused-ring (bicyclic) bond motifs is 1. The third kappa shape index (κ3) is 4.12. The Labute approximate surface area is 152 Å². The number of amides is 1. The van der Waals surface area contributed by atoms with E-state index in [1.54, 1.807) is 6.07 Å². The number of rotatable bonds is 1. The molecule has 2 aliphatic rings. The summed E-state index contributed by atoms with van der Waals surface area (Å²) in [5.74, 6) is -0.436. The number of ether oxygens (including phenoxy) is 1. The van der Waals surface area contributed by atoms with E-state index in [9.17, 15) is 22.4 Å². The van der Waals surface area contributed by atoms with Crippen molar-refractivity contribution in [3.63, 3.8) is 0 Å². The lowest BCUT2D eigenvalue weighted by Crippen LogP contribution is -2.52. The van der Waals surface area contributed by atoms with E-state index in [-0.39, 0.29) is 36.9 Å². The molecule has 1 amide bonds. The second kappa shape index (κ2) is 7.18. The summed E-state index contributed by atoms with van der Waals surface area (Å²) in [5, 5.41) is 3.13. The van der Waals surface area contributed by atoms with E-state index < -0.39 is 30.4 Å². The van der Waals surface area contributed by atoms with Gasteiger partial charge in [0.1, 0.15) is 17.3 Å². The number of anilines is 1. The number of hydrogen-bond acceptors (Lipinski definition) is 5. The standard InChI is InChI=1S/C15H16F4N4O2.ClH/c16-9-2-1-3-10-11(9)12(20)22-14(21-10)4-6-23(7-5-14)13(24)25-8-15(17,18)19;/h1-3,21H,4-8H2,(H2,20,22);1H. The molecule has 1 spiro atoms. The second-order valence-corrected chi connectivity index (χ2v) is 5.97. The number of nitrogens with zero attached hydrogens (tertiary/aromatic N) is 2. The fraction of sp³-hybridized carbons (Fsp3) is 0.467. The number of aliphatic imine (C=N–C) groups is 1. The predicted molar refractivity (Wildman–Crippen MR) is 88.9 cm³/mol. The third-order valence-corrected chi connectivity index (χ3v) is 4.18. The minimum Gasteiger partial charge on any atom is -0.440 e. The summed E-state index contributed by atoms with van der Waals surface area (Å²) >= 11 is 0. The van der Waals surface area contributed by atoms with Crippen molar-refractivity contribution in [1.29, 1.82) is 0 Å². The number of amidine groups is 1. The van der Waals surface area contributed by atoms with Crippen LogP contribution in [0.1, 0.15) is 18.4 Å². The Bertz CT molecular complexity index is 718. The molecule has 1 saturated heterocycles. The molecule has 3 N–H and O–H groups in total. The van der Waals surface area contributed by atoms with Crippen LogP contribution in [0.4, 0.5) is 28.0 Å². The number of halogens is 5. The van der Waals surface area contributed by atoms with Crippen LogP contribution in [0.25, 0.3) is 0 Å². The summed E-state index contributed by atoms with van der Waals surface area (Å²) in [7, 11) is 0. The van der Waals surface area contributed by atoms with Crippen LogP contribution in [0, 0.1) is 5.82 Å². The van der Waals surface area contributed by atoms with Gasteiger partial charge in [-0.15, -0.1) is 12.4 Å². The van der Waals surface area contributed by atoms with Gasteiger partial charge in [0.15, 0.2) is 6.61 Å². The molecule has 0 aliphatic carbocycles. The zero-order valence-electron chi connectivity index (χ0n) is 13.5. The Morgan fingerprint density at radius 2 is 2.00 bits per heavy atom. The lowest BCUT2D eigenvalue weighted by molar-refractivity contribution is -0.162. The van der Waals surface area contributed by atoms with Crippen LogP contribution in [0.15, 0.2) is 23.2 Å². The van der Waals surface area contributed by atoms with E-state index in [0.29, 0.717) is 18.5 Å². The minimum atomic E-state index is -4.57. The topological polar surface area (TPSA) is 80.0 Å². The molecule has 144 valence electrons. The number of nitrogens with one attached hydrogen (secondary N) is 1. The Kier molecular flexibility index (Phi) is 5.55. The molecule has 0 unspecified atom stereocenters. The largest absolute Gasteiger partial charge is 0.440 e. The van der Waals surface area contributed by atoms with Crippen molar-refractivity contribution in [2.24, 2.45) is 10.7 Å². The van der Waals surface area contributed by atoms with Gasteiger partial charge in [0.2, 0.25) is 0 Å². The number of alkyl halides is 3. The van der Waals surface area contributed by atoms with Gasteiger partial charge < -0.3 is 20.7 Å². The van der Waals surface area contributed by atoms with Crippen LogP contribution < -0.4 is 11.1 Å². The van der Waals surface area contributed by atoms with Crippen molar-refractivity contribution >= 4 is 30.0 Å². The Morgan fingerprint density at radius 1 is 1.35 bits per heavy atom. The van der Waals surface area contributed by atoms with Gasteiger partial charge in [0.25, 0.3) is 0 Å². The maximum atomic E-state index is 13.9. The number of carbonyl (C=O) groups is 1. The summed E-state index contributed by atoms with van der Waals surface area (Å²) < 4.78 is 54.5. The zero-order chi connectivity index (χ0) is 18.2. The van der Waals surface area contributed by atoms with Crippen molar-refractivity contribution in [3.8, 4) is 0 Å². The monoisotopic (exact) mass is 396 g/mol. The van der Waals surface area contributed by atoms with E-state index in [1.165, 1.54) is 17.0 Å². The molecule has 2 heterocycles. The first-order chi connectivity index (χ1) is 11.7. The lowest BCUT2D eigenvalue weighted by atomic mass is 9.94. The van der Waals surface area contributed by atoms with Crippen molar-refractivity contribution in [2.75, 3.05) is 25.0 Å². The van der Waals surface area contributed by atoms with Gasteiger partial charge in [-0.2, -0.15) is 13.2 Å². The van der Waals surface area contributed by atoms with Gasteiger partial charge in [-0.05, 0) is 12.1 Å². The van der Waals surface area contributed by atoms with Gasteiger partial charge in [0, 0.05) is 31.6 Å².